The highest BCUT2D eigenvalue weighted by Crippen LogP contribution is 2.16. The van der Waals surface area contributed by atoms with Crippen molar-refractivity contribution in [3.63, 3.8) is 0 Å². The predicted molar refractivity (Wildman–Crippen MR) is 111 cm³/mol. The van der Waals surface area contributed by atoms with Crippen LogP contribution >= 0.6 is 0 Å². The second-order valence-corrected chi connectivity index (χ2v) is 8.94. The van der Waals surface area contributed by atoms with Crippen LogP contribution in [0.15, 0.2) is 0 Å². The van der Waals surface area contributed by atoms with Gasteiger partial charge >= 0.3 is 10.3 Å². The van der Waals surface area contributed by atoms with Gasteiger partial charge in [0.15, 0.2) is 0 Å². The number of β-lactam (4-membered cyclic amide) rings is 1. The van der Waals surface area contributed by atoms with E-state index in [2.05, 4.69) is 27.7 Å². The summed E-state index contributed by atoms with van der Waals surface area (Å²) >= 11 is 0. The normalized spacial score (nSPS) is 17.3. The molecule has 1 aliphatic rings. The van der Waals surface area contributed by atoms with E-state index in [1.807, 2.05) is 0 Å². The van der Waals surface area contributed by atoms with Crippen LogP contribution in [0.3, 0.4) is 0 Å². The molecule has 1 rings (SSSR count). The first-order chi connectivity index (χ1) is 12.7. The van der Waals surface area contributed by atoms with Crippen LogP contribution in [-0.4, -0.2) is 66.4 Å². The molecule has 0 unspecified atom stereocenters. The van der Waals surface area contributed by atoms with Gasteiger partial charge in [0.25, 0.3) is 5.91 Å². The number of amides is 1. The molecule has 0 aliphatic carbocycles. The van der Waals surface area contributed by atoms with Gasteiger partial charge in [-0.25, -0.2) is 4.31 Å². The Balaban J connectivity index is 0.000000569. The summed E-state index contributed by atoms with van der Waals surface area (Å²) < 4.78 is 30.3. The summed E-state index contributed by atoms with van der Waals surface area (Å²) in [5.74, 6) is -0.762. The number of nitrogens with zero attached hydrogens (tertiary/aromatic N) is 2. The molecule has 3 N–H and O–H groups in total. The molecule has 1 atom stereocenters. The van der Waals surface area contributed by atoms with Gasteiger partial charge in [0, 0.05) is 0 Å². The van der Waals surface area contributed by atoms with Gasteiger partial charge < -0.3 is 10.2 Å². The van der Waals surface area contributed by atoms with Crippen molar-refractivity contribution in [1.29, 1.82) is 0 Å². The summed E-state index contributed by atoms with van der Waals surface area (Å²) in [5, 5.41) is 0. The fourth-order valence-corrected chi connectivity index (χ4v) is 3.98. The molecular weight excluding hydrogens is 366 g/mol. The van der Waals surface area contributed by atoms with E-state index in [0.717, 1.165) is 0 Å². The van der Waals surface area contributed by atoms with Crippen molar-refractivity contribution >= 4 is 16.2 Å². The summed E-state index contributed by atoms with van der Waals surface area (Å²) in [5.41, 5.74) is 5.04. The molecular formula is C19H42N3O4S+. The van der Waals surface area contributed by atoms with Gasteiger partial charge in [0.2, 0.25) is 0 Å². The van der Waals surface area contributed by atoms with Crippen molar-refractivity contribution < 1.29 is 22.2 Å². The molecule has 7 nitrogen and oxygen atoms in total. The average Bonchev–Trinajstić information content (AvgIpc) is 2.64. The number of rotatable bonds is 13. The second kappa shape index (κ2) is 13.5. The van der Waals surface area contributed by atoms with Crippen LogP contribution < -0.4 is 5.73 Å². The first kappa shape index (κ1) is 26.3. The Kier molecular flexibility index (Phi) is 13.1. The highest BCUT2D eigenvalue weighted by Gasteiger charge is 2.41. The summed E-state index contributed by atoms with van der Waals surface area (Å²) in [4.78, 5) is 10.5. The zero-order chi connectivity index (χ0) is 20.9. The number of hydrogen-bond acceptors (Lipinski definition) is 4. The maximum Gasteiger partial charge on any atom is 0.362 e. The van der Waals surface area contributed by atoms with E-state index in [1.165, 1.54) is 82.0 Å². The SMILES string of the molecule is CCCC[N+](CCCC)(CCCC)CCCC.N[C@H]1CN(S(=O)(=O)O)C1=O. The summed E-state index contributed by atoms with van der Waals surface area (Å²) in [6.07, 6.45) is 11.1. The molecule has 0 aromatic carbocycles. The first-order valence-electron chi connectivity index (χ1n) is 10.6. The van der Waals surface area contributed by atoms with E-state index >= 15 is 0 Å². The number of unbranched alkanes of at least 4 members (excludes halogenated alkanes) is 4. The standard InChI is InChI=1S/C16H36N.C3H6N2O4S/c1-5-9-13-17(14-10-6-2,15-11-7-3)16-12-8-4;4-2-1-5(3(2)6)10(7,8)9/h5-16H2,1-4H3;2H,1,4H2,(H,7,8,9)/q+1;/t;2-/m.0/s1. The Morgan fingerprint density at radius 1 is 0.926 bits per heavy atom. The third kappa shape index (κ3) is 9.87. The minimum atomic E-state index is -4.34. The van der Waals surface area contributed by atoms with E-state index in [4.69, 9.17) is 10.3 Å². The van der Waals surface area contributed by atoms with Crippen LogP contribution in [0.4, 0.5) is 0 Å². The molecule has 1 aliphatic heterocycles. The van der Waals surface area contributed by atoms with Crippen LogP contribution in [-0.2, 0) is 15.1 Å². The molecule has 1 heterocycles. The molecule has 1 fully saturated rings. The van der Waals surface area contributed by atoms with Crippen molar-refractivity contribution in [3.05, 3.63) is 0 Å². The van der Waals surface area contributed by atoms with Crippen LogP contribution in [0.1, 0.15) is 79.1 Å². The van der Waals surface area contributed by atoms with Crippen LogP contribution in [0.25, 0.3) is 0 Å². The Hall–Kier alpha value is -0.700. The van der Waals surface area contributed by atoms with Crippen LogP contribution in [0.5, 0.6) is 0 Å². The smallest absolute Gasteiger partial charge is 0.324 e. The Morgan fingerprint density at radius 2 is 1.26 bits per heavy atom. The van der Waals surface area contributed by atoms with Gasteiger partial charge in [0.05, 0.1) is 32.7 Å². The number of carbonyl (C=O) groups is 1. The maximum absolute atomic E-state index is 10.5. The Bertz CT molecular complexity index is 474. The fraction of sp³-hybridized carbons (Fsp3) is 0.947. The molecule has 27 heavy (non-hydrogen) atoms. The maximum atomic E-state index is 10.5. The van der Waals surface area contributed by atoms with E-state index in [9.17, 15) is 13.2 Å². The van der Waals surface area contributed by atoms with Crippen molar-refractivity contribution in [2.75, 3.05) is 32.7 Å². The molecule has 1 saturated heterocycles. The van der Waals surface area contributed by atoms with Crippen molar-refractivity contribution in [2.24, 2.45) is 5.73 Å². The average molecular weight is 409 g/mol. The monoisotopic (exact) mass is 408 g/mol. The fourth-order valence-electron chi connectivity index (χ4n) is 3.27. The van der Waals surface area contributed by atoms with Crippen molar-refractivity contribution in [2.45, 2.75) is 85.1 Å². The molecule has 0 aromatic rings. The van der Waals surface area contributed by atoms with Gasteiger partial charge in [0.1, 0.15) is 6.04 Å². The third-order valence-electron chi connectivity index (χ3n) is 5.15. The van der Waals surface area contributed by atoms with Gasteiger partial charge in [-0.3, -0.25) is 9.35 Å². The van der Waals surface area contributed by atoms with Crippen molar-refractivity contribution in [1.82, 2.24) is 4.31 Å². The Morgan fingerprint density at radius 3 is 1.41 bits per heavy atom. The van der Waals surface area contributed by atoms with E-state index in [1.54, 1.807) is 0 Å². The highest BCUT2D eigenvalue weighted by molar-refractivity contribution is 7.84. The molecule has 0 aromatic heterocycles. The number of hydrogen-bond donors (Lipinski definition) is 2. The first-order valence-corrected chi connectivity index (χ1v) is 12.0. The minimum absolute atomic E-state index is 0.127. The quantitative estimate of drug-likeness (QED) is 0.277. The lowest BCUT2D eigenvalue weighted by atomic mass is 10.1. The largest absolute Gasteiger partial charge is 0.362 e. The lowest BCUT2D eigenvalue weighted by Crippen LogP contribution is -2.62. The zero-order valence-electron chi connectivity index (χ0n) is 17.8. The van der Waals surface area contributed by atoms with Gasteiger partial charge in [-0.1, -0.05) is 53.4 Å². The number of nitrogens with two attached hydrogens (primary N) is 1. The molecule has 162 valence electrons. The second-order valence-electron chi connectivity index (χ2n) is 7.60. The van der Waals surface area contributed by atoms with E-state index in [0.29, 0.717) is 4.31 Å². The summed E-state index contributed by atoms with van der Waals surface area (Å²) in [6.45, 7) is 14.9. The molecule has 8 heteroatoms. The number of quaternary nitrogens is 1. The van der Waals surface area contributed by atoms with Crippen molar-refractivity contribution in [3.8, 4) is 0 Å². The van der Waals surface area contributed by atoms with Crippen LogP contribution in [0, 0.1) is 0 Å². The van der Waals surface area contributed by atoms with Gasteiger partial charge in [-0.05, 0) is 25.7 Å². The molecule has 0 spiro atoms. The number of carbonyl (C=O) groups excluding carboxylic acids is 1. The van der Waals surface area contributed by atoms with Gasteiger partial charge in [-0.15, -0.1) is 0 Å². The Labute approximate surface area is 166 Å². The van der Waals surface area contributed by atoms with E-state index in [-0.39, 0.29) is 6.54 Å². The highest BCUT2D eigenvalue weighted by atomic mass is 32.2. The lowest BCUT2D eigenvalue weighted by molar-refractivity contribution is -0.929. The minimum Gasteiger partial charge on any atom is -0.324 e. The van der Waals surface area contributed by atoms with Gasteiger partial charge in [-0.2, -0.15) is 8.42 Å². The summed E-state index contributed by atoms with van der Waals surface area (Å²) in [6, 6.07) is -0.776. The zero-order valence-corrected chi connectivity index (χ0v) is 18.6. The summed E-state index contributed by atoms with van der Waals surface area (Å²) in [7, 11) is -4.34. The van der Waals surface area contributed by atoms with E-state index < -0.39 is 22.3 Å². The topological polar surface area (TPSA) is 101 Å². The lowest BCUT2D eigenvalue weighted by Gasteiger charge is -2.39. The molecule has 0 radical (unpaired) electrons. The third-order valence-corrected chi connectivity index (χ3v) is 6.03. The van der Waals surface area contributed by atoms with Crippen LogP contribution in [0.2, 0.25) is 0 Å². The molecule has 0 bridgehead atoms. The molecule has 0 saturated carbocycles. The predicted octanol–water partition coefficient (Wildman–Crippen LogP) is 2.96. The molecule has 1 amide bonds.